The summed E-state index contributed by atoms with van der Waals surface area (Å²) in [6.07, 6.45) is 3.89. The molecule has 2 aromatic heterocycles. The van der Waals surface area contributed by atoms with Crippen LogP contribution < -0.4 is 4.72 Å². The highest BCUT2D eigenvalue weighted by Gasteiger charge is 2.17. The van der Waals surface area contributed by atoms with Gasteiger partial charge in [0.25, 0.3) is 10.0 Å². The van der Waals surface area contributed by atoms with Crippen molar-refractivity contribution in [3.8, 4) is 0 Å². The Morgan fingerprint density at radius 3 is 2.74 bits per heavy atom. The summed E-state index contributed by atoms with van der Waals surface area (Å²) in [5.74, 6) is -1.24. The molecule has 0 atom stereocenters. The number of carboxylic acids is 1. The second-order valence-electron chi connectivity index (χ2n) is 3.72. The lowest BCUT2D eigenvalue weighted by atomic mass is 10.3. The van der Waals surface area contributed by atoms with Gasteiger partial charge in [-0.3, -0.25) is 4.72 Å². The van der Waals surface area contributed by atoms with Gasteiger partial charge in [-0.25, -0.2) is 14.8 Å². The van der Waals surface area contributed by atoms with Crippen molar-refractivity contribution in [1.82, 2.24) is 14.5 Å². The molecule has 0 saturated carbocycles. The summed E-state index contributed by atoms with van der Waals surface area (Å²) < 4.78 is 27.6. The van der Waals surface area contributed by atoms with Crippen LogP contribution in [0, 0.1) is 0 Å². The Morgan fingerprint density at radius 1 is 1.42 bits per heavy atom. The van der Waals surface area contributed by atoms with Gasteiger partial charge in [-0.15, -0.1) is 0 Å². The van der Waals surface area contributed by atoms with E-state index in [0.29, 0.717) is 0 Å². The van der Waals surface area contributed by atoms with Gasteiger partial charge in [-0.2, -0.15) is 8.42 Å². The SMILES string of the molecule is Cn1cnc(S(=O)(=O)Nc2ccnc(C(=O)O)c2)c1. The number of nitrogens with one attached hydrogen (secondary N) is 1. The number of anilines is 1. The molecule has 0 unspecified atom stereocenters. The van der Waals surface area contributed by atoms with E-state index < -0.39 is 16.0 Å². The Morgan fingerprint density at radius 2 is 2.16 bits per heavy atom. The molecular weight excluding hydrogens is 272 g/mol. The topological polar surface area (TPSA) is 114 Å². The number of aromatic carboxylic acids is 1. The second-order valence-corrected chi connectivity index (χ2v) is 5.35. The van der Waals surface area contributed by atoms with E-state index in [1.807, 2.05) is 0 Å². The van der Waals surface area contributed by atoms with Crippen molar-refractivity contribution in [1.29, 1.82) is 0 Å². The third-order valence-corrected chi connectivity index (χ3v) is 3.45. The molecule has 0 aliphatic carbocycles. The summed E-state index contributed by atoms with van der Waals surface area (Å²) >= 11 is 0. The minimum Gasteiger partial charge on any atom is -0.477 e. The zero-order valence-electron chi connectivity index (χ0n) is 9.81. The molecule has 8 nitrogen and oxygen atoms in total. The van der Waals surface area contributed by atoms with E-state index in [0.717, 1.165) is 6.07 Å². The van der Waals surface area contributed by atoms with Crippen LogP contribution in [0.5, 0.6) is 0 Å². The minimum absolute atomic E-state index is 0.109. The zero-order chi connectivity index (χ0) is 14.0. The summed E-state index contributed by atoms with van der Waals surface area (Å²) in [4.78, 5) is 18.1. The molecule has 0 bridgehead atoms. The fraction of sp³-hybridized carbons (Fsp3) is 0.100. The number of nitrogens with zero attached hydrogens (tertiary/aromatic N) is 3. The first-order valence-corrected chi connectivity index (χ1v) is 6.57. The molecule has 0 aliphatic heterocycles. The van der Waals surface area contributed by atoms with Crippen LogP contribution in [0.2, 0.25) is 0 Å². The van der Waals surface area contributed by atoms with Gasteiger partial charge in [0, 0.05) is 19.4 Å². The maximum atomic E-state index is 11.9. The maximum absolute atomic E-state index is 11.9. The number of rotatable bonds is 4. The minimum atomic E-state index is -3.84. The van der Waals surface area contributed by atoms with Crippen molar-refractivity contribution in [3.63, 3.8) is 0 Å². The predicted octanol–water partition coefficient (Wildman–Crippen LogP) is 0.314. The fourth-order valence-electron chi connectivity index (χ4n) is 1.35. The monoisotopic (exact) mass is 282 g/mol. The summed E-state index contributed by atoms with van der Waals surface area (Å²) in [5, 5.41) is 8.62. The molecule has 100 valence electrons. The Balaban J connectivity index is 2.30. The number of hydrogen-bond acceptors (Lipinski definition) is 5. The average molecular weight is 282 g/mol. The lowest BCUT2D eigenvalue weighted by Gasteiger charge is -2.05. The van der Waals surface area contributed by atoms with E-state index in [9.17, 15) is 13.2 Å². The van der Waals surface area contributed by atoms with Crippen LogP contribution in [0.15, 0.2) is 35.9 Å². The molecule has 0 radical (unpaired) electrons. The van der Waals surface area contributed by atoms with E-state index in [-0.39, 0.29) is 16.4 Å². The van der Waals surface area contributed by atoms with E-state index in [1.54, 1.807) is 7.05 Å². The van der Waals surface area contributed by atoms with Crippen LogP contribution in [-0.2, 0) is 17.1 Å². The number of carbonyl (C=O) groups is 1. The molecule has 0 aromatic carbocycles. The molecule has 2 aromatic rings. The molecule has 2 heterocycles. The number of aryl methyl sites for hydroxylation is 1. The number of hydrogen-bond donors (Lipinski definition) is 2. The van der Waals surface area contributed by atoms with Crippen molar-refractivity contribution in [3.05, 3.63) is 36.5 Å². The van der Waals surface area contributed by atoms with E-state index in [4.69, 9.17) is 5.11 Å². The van der Waals surface area contributed by atoms with Crippen LogP contribution in [0.3, 0.4) is 0 Å². The summed E-state index contributed by atoms with van der Waals surface area (Å²) in [5.41, 5.74) is -0.140. The van der Waals surface area contributed by atoms with Crippen molar-refractivity contribution in [2.24, 2.45) is 7.05 Å². The van der Waals surface area contributed by atoms with Crippen molar-refractivity contribution in [2.75, 3.05) is 4.72 Å². The van der Waals surface area contributed by atoms with Gasteiger partial charge < -0.3 is 9.67 Å². The highest BCUT2D eigenvalue weighted by molar-refractivity contribution is 7.92. The van der Waals surface area contributed by atoms with E-state index in [2.05, 4.69) is 14.7 Å². The van der Waals surface area contributed by atoms with Crippen molar-refractivity contribution in [2.45, 2.75) is 5.03 Å². The van der Waals surface area contributed by atoms with Crippen LogP contribution in [0.4, 0.5) is 5.69 Å². The smallest absolute Gasteiger partial charge is 0.354 e. The lowest BCUT2D eigenvalue weighted by Crippen LogP contribution is -2.14. The first-order chi connectivity index (χ1) is 8.88. The first-order valence-electron chi connectivity index (χ1n) is 5.08. The molecule has 0 amide bonds. The maximum Gasteiger partial charge on any atom is 0.354 e. The van der Waals surface area contributed by atoms with Crippen LogP contribution in [0.1, 0.15) is 10.5 Å². The van der Waals surface area contributed by atoms with Gasteiger partial charge in [-0.05, 0) is 12.1 Å². The Kier molecular flexibility index (Phi) is 3.21. The van der Waals surface area contributed by atoms with Crippen LogP contribution in [0.25, 0.3) is 0 Å². The van der Waals surface area contributed by atoms with Gasteiger partial charge in [0.05, 0.1) is 12.0 Å². The van der Waals surface area contributed by atoms with E-state index >= 15 is 0 Å². The van der Waals surface area contributed by atoms with Gasteiger partial charge in [0.2, 0.25) is 0 Å². The van der Waals surface area contributed by atoms with Gasteiger partial charge in [-0.1, -0.05) is 0 Å². The Bertz CT molecular complexity index is 723. The molecule has 0 saturated heterocycles. The molecule has 2 N–H and O–H groups in total. The molecule has 0 aliphatic rings. The Hall–Kier alpha value is -2.42. The predicted molar refractivity (Wildman–Crippen MR) is 65.2 cm³/mol. The number of sulfonamides is 1. The van der Waals surface area contributed by atoms with Crippen molar-refractivity contribution >= 4 is 21.7 Å². The Labute approximate surface area is 108 Å². The number of carboxylic acid groups (broad SMARTS) is 1. The van der Waals surface area contributed by atoms with Gasteiger partial charge in [0.15, 0.2) is 5.03 Å². The molecular formula is C10H10N4O4S. The van der Waals surface area contributed by atoms with Crippen molar-refractivity contribution < 1.29 is 18.3 Å². The highest BCUT2D eigenvalue weighted by Crippen LogP contribution is 2.14. The third kappa shape index (κ3) is 2.88. The van der Waals surface area contributed by atoms with Crippen LogP contribution >= 0.6 is 0 Å². The molecule has 0 fully saturated rings. The second kappa shape index (κ2) is 4.69. The number of aromatic nitrogens is 3. The standard InChI is InChI=1S/C10H10N4O4S/c1-14-5-9(12-6-14)19(17,18)13-7-2-3-11-8(4-7)10(15)16/h2-6H,1H3,(H,11,13)(H,15,16). The van der Waals surface area contributed by atoms with Gasteiger partial charge >= 0.3 is 5.97 Å². The summed E-state index contributed by atoms with van der Waals surface area (Å²) in [6.45, 7) is 0. The molecule has 19 heavy (non-hydrogen) atoms. The normalized spacial score (nSPS) is 11.2. The van der Waals surface area contributed by atoms with Crippen LogP contribution in [-0.4, -0.2) is 34.0 Å². The highest BCUT2D eigenvalue weighted by atomic mass is 32.2. The molecule has 9 heteroatoms. The zero-order valence-corrected chi connectivity index (χ0v) is 10.6. The quantitative estimate of drug-likeness (QED) is 0.834. The largest absolute Gasteiger partial charge is 0.477 e. The van der Waals surface area contributed by atoms with E-state index in [1.165, 1.54) is 29.4 Å². The average Bonchev–Trinajstić information content (AvgIpc) is 2.76. The number of imidazole rings is 1. The summed E-state index contributed by atoms with van der Waals surface area (Å²) in [7, 11) is -2.20. The first kappa shape index (κ1) is 13.0. The number of pyridine rings is 1. The lowest BCUT2D eigenvalue weighted by molar-refractivity contribution is 0.0690. The summed E-state index contributed by atoms with van der Waals surface area (Å²) in [6, 6.07) is 2.48. The molecule has 2 rings (SSSR count). The third-order valence-electron chi connectivity index (χ3n) is 2.19. The van der Waals surface area contributed by atoms with Gasteiger partial charge in [0.1, 0.15) is 5.69 Å². The fourth-order valence-corrected chi connectivity index (χ4v) is 2.38. The molecule has 0 spiro atoms.